The van der Waals surface area contributed by atoms with Gasteiger partial charge in [0.05, 0.1) is 6.10 Å². The summed E-state index contributed by atoms with van der Waals surface area (Å²) in [6.07, 6.45) is 3.51. The molecule has 1 nitrogen and oxygen atoms in total. The van der Waals surface area contributed by atoms with Crippen molar-refractivity contribution in [3.63, 3.8) is 0 Å². The van der Waals surface area contributed by atoms with Crippen LogP contribution < -0.4 is 4.74 Å². The van der Waals surface area contributed by atoms with E-state index in [1.54, 1.807) is 0 Å². The Morgan fingerprint density at radius 2 is 1.63 bits per heavy atom. The summed E-state index contributed by atoms with van der Waals surface area (Å²) >= 11 is 0. The van der Waals surface area contributed by atoms with Gasteiger partial charge in [0.2, 0.25) is 0 Å². The van der Waals surface area contributed by atoms with E-state index in [1.165, 1.54) is 18.6 Å². The average molecular weight is 260 g/mol. The van der Waals surface area contributed by atoms with Crippen molar-refractivity contribution in [2.75, 3.05) is 0 Å². The Balaban J connectivity index is 1.98. The largest absolute Gasteiger partial charge is 0.490 e. The molecule has 0 spiro atoms. The summed E-state index contributed by atoms with van der Waals surface area (Å²) in [5.74, 6) is -0.459. The topological polar surface area (TPSA) is 9.23 Å². The molecule has 3 heteroatoms. The molecule has 0 radical (unpaired) electrons. The van der Waals surface area contributed by atoms with Crippen molar-refractivity contribution in [1.82, 2.24) is 0 Å². The summed E-state index contributed by atoms with van der Waals surface area (Å²) in [6.45, 7) is 0. The predicted octanol–water partition coefficient (Wildman–Crippen LogP) is 4.56. The highest BCUT2D eigenvalue weighted by Gasteiger charge is 2.20. The molecule has 2 aromatic carbocycles. The van der Waals surface area contributed by atoms with Crippen molar-refractivity contribution in [2.45, 2.75) is 25.4 Å². The van der Waals surface area contributed by atoms with Crippen LogP contribution in [0.2, 0.25) is 0 Å². The summed E-state index contributed by atoms with van der Waals surface area (Å²) in [4.78, 5) is 0. The van der Waals surface area contributed by atoms with Gasteiger partial charge in [-0.1, -0.05) is 18.2 Å². The van der Waals surface area contributed by atoms with E-state index in [1.807, 2.05) is 24.3 Å². The molecule has 98 valence electrons. The zero-order valence-corrected chi connectivity index (χ0v) is 10.4. The molecular weight excluding hydrogens is 246 g/mol. The van der Waals surface area contributed by atoms with Gasteiger partial charge in [-0.05, 0) is 43.0 Å². The van der Waals surface area contributed by atoms with E-state index in [2.05, 4.69) is 0 Å². The molecule has 0 saturated heterocycles. The zero-order valence-electron chi connectivity index (χ0n) is 10.4. The molecule has 0 amide bonds. The molecule has 0 atom stereocenters. The van der Waals surface area contributed by atoms with Crippen LogP contribution in [0.5, 0.6) is 5.75 Å². The van der Waals surface area contributed by atoms with E-state index in [-0.39, 0.29) is 6.10 Å². The van der Waals surface area contributed by atoms with Crippen molar-refractivity contribution in [1.29, 1.82) is 0 Å². The van der Waals surface area contributed by atoms with E-state index < -0.39 is 11.6 Å². The number of halogens is 2. The van der Waals surface area contributed by atoms with E-state index >= 15 is 0 Å². The molecule has 2 aromatic rings. The highest BCUT2D eigenvalue weighted by molar-refractivity contribution is 5.70. The lowest BCUT2D eigenvalue weighted by Gasteiger charge is -2.27. The highest BCUT2D eigenvalue weighted by atomic mass is 19.1. The Hall–Kier alpha value is -1.90. The molecule has 0 aromatic heterocycles. The van der Waals surface area contributed by atoms with Crippen LogP contribution in [-0.2, 0) is 0 Å². The third-order valence-electron chi connectivity index (χ3n) is 3.41. The standard InChI is InChI=1S/C16H14F2O/c17-12-8-11(9-13(18)10-12)15-6-1-2-7-16(15)19-14-4-3-5-14/h1-2,6-10,14H,3-5H2. The molecule has 0 unspecified atom stereocenters. The molecule has 0 heterocycles. The second-order valence-corrected chi connectivity index (χ2v) is 4.83. The highest BCUT2D eigenvalue weighted by Crippen LogP contribution is 2.34. The molecule has 19 heavy (non-hydrogen) atoms. The Labute approximate surface area is 110 Å². The molecular formula is C16H14F2O. The zero-order chi connectivity index (χ0) is 13.2. The molecule has 0 bridgehead atoms. The second-order valence-electron chi connectivity index (χ2n) is 4.83. The van der Waals surface area contributed by atoms with Gasteiger partial charge in [0.25, 0.3) is 0 Å². The number of rotatable bonds is 3. The van der Waals surface area contributed by atoms with Gasteiger partial charge in [-0.2, -0.15) is 0 Å². The van der Waals surface area contributed by atoms with E-state index in [9.17, 15) is 8.78 Å². The quantitative estimate of drug-likeness (QED) is 0.785. The van der Waals surface area contributed by atoms with E-state index in [4.69, 9.17) is 4.74 Å². The third-order valence-corrected chi connectivity index (χ3v) is 3.41. The lowest BCUT2D eigenvalue weighted by molar-refractivity contribution is 0.121. The lowest BCUT2D eigenvalue weighted by Crippen LogP contribution is -2.24. The minimum atomic E-state index is -0.576. The van der Waals surface area contributed by atoms with E-state index in [0.717, 1.165) is 24.5 Å². The van der Waals surface area contributed by atoms with Crippen molar-refractivity contribution in [3.05, 3.63) is 54.1 Å². The summed E-state index contributed by atoms with van der Waals surface area (Å²) in [5.41, 5.74) is 1.24. The first-order valence-corrected chi connectivity index (χ1v) is 6.44. The normalized spacial score (nSPS) is 15.1. The first-order valence-electron chi connectivity index (χ1n) is 6.44. The number of hydrogen-bond donors (Lipinski definition) is 0. The van der Waals surface area contributed by atoms with Gasteiger partial charge >= 0.3 is 0 Å². The summed E-state index contributed by atoms with van der Waals surface area (Å²) < 4.78 is 32.5. The van der Waals surface area contributed by atoms with Crippen LogP contribution in [0.1, 0.15) is 19.3 Å². The monoisotopic (exact) mass is 260 g/mol. The maximum atomic E-state index is 13.3. The van der Waals surface area contributed by atoms with Gasteiger partial charge in [-0.3, -0.25) is 0 Å². The van der Waals surface area contributed by atoms with Crippen molar-refractivity contribution in [2.24, 2.45) is 0 Å². The van der Waals surface area contributed by atoms with Gasteiger partial charge < -0.3 is 4.74 Å². The van der Waals surface area contributed by atoms with E-state index in [0.29, 0.717) is 11.3 Å². The smallest absolute Gasteiger partial charge is 0.127 e. The van der Waals surface area contributed by atoms with Crippen molar-refractivity contribution < 1.29 is 13.5 Å². The van der Waals surface area contributed by atoms with Gasteiger partial charge in [0.1, 0.15) is 17.4 Å². The summed E-state index contributed by atoms with van der Waals surface area (Å²) in [5, 5.41) is 0. The van der Waals surface area contributed by atoms with Crippen LogP contribution in [-0.4, -0.2) is 6.10 Å². The number of ether oxygens (including phenoxy) is 1. The Kier molecular flexibility index (Phi) is 3.20. The maximum absolute atomic E-state index is 13.3. The fourth-order valence-corrected chi connectivity index (χ4v) is 2.19. The van der Waals surface area contributed by atoms with Gasteiger partial charge in [-0.15, -0.1) is 0 Å². The van der Waals surface area contributed by atoms with Crippen molar-refractivity contribution in [3.8, 4) is 16.9 Å². The van der Waals surface area contributed by atoms with Gasteiger partial charge in [0, 0.05) is 11.6 Å². The SMILES string of the molecule is Fc1cc(F)cc(-c2ccccc2OC2CCC2)c1. The Morgan fingerprint density at radius 3 is 2.26 bits per heavy atom. The van der Waals surface area contributed by atoms with Crippen LogP contribution in [0.3, 0.4) is 0 Å². The average Bonchev–Trinajstić information content (AvgIpc) is 2.33. The Bertz CT molecular complexity index is 571. The fraction of sp³-hybridized carbons (Fsp3) is 0.250. The summed E-state index contributed by atoms with van der Waals surface area (Å²) in [7, 11) is 0. The van der Waals surface area contributed by atoms with Gasteiger partial charge in [-0.25, -0.2) is 8.78 Å². The molecule has 0 aliphatic heterocycles. The molecule has 0 N–H and O–H groups in total. The van der Waals surface area contributed by atoms with Crippen LogP contribution >= 0.6 is 0 Å². The lowest BCUT2D eigenvalue weighted by atomic mass is 9.96. The number of hydrogen-bond acceptors (Lipinski definition) is 1. The molecule has 3 rings (SSSR count). The molecule has 1 saturated carbocycles. The van der Waals surface area contributed by atoms with Gasteiger partial charge in [0.15, 0.2) is 0 Å². The minimum Gasteiger partial charge on any atom is -0.490 e. The van der Waals surface area contributed by atoms with Crippen LogP contribution in [0.15, 0.2) is 42.5 Å². The summed E-state index contributed by atoms with van der Waals surface area (Å²) in [6, 6.07) is 10.9. The molecule has 1 aliphatic rings. The van der Waals surface area contributed by atoms with Crippen molar-refractivity contribution >= 4 is 0 Å². The Morgan fingerprint density at radius 1 is 0.947 bits per heavy atom. The van der Waals surface area contributed by atoms with Crippen LogP contribution in [0.25, 0.3) is 11.1 Å². The first kappa shape index (κ1) is 12.2. The number of para-hydroxylation sites is 1. The van der Waals surface area contributed by atoms with Crippen LogP contribution in [0, 0.1) is 11.6 Å². The number of benzene rings is 2. The minimum absolute atomic E-state index is 0.236. The van der Waals surface area contributed by atoms with Crippen LogP contribution in [0.4, 0.5) is 8.78 Å². The molecule has 1 fully saturated rings. The first-order chi connectivity index (χ1) is 9.22. The third kappa shape index (κ3) is 2.60. The second kappa shape index (κ2) is 5.00. The predicted molar refractivity (Wildman–Crippen MR) is 70.1 cm³/mol. The maximum Gasteiger partial charge on any atom is 0.127 e. The fourth-order valence-electron chi connectivity index (χ4n) is 2.19. The molecule has 1 aliphatic carbocycles.